The number of rotatable bonds is 4. The van der Waals surface area contributed by atoms with E-state index in [1.807, 2.05) is 0 Å². The van der Waals surface area contributed by atoms with Crippen molar-refractivity contribution in [2.75, 3.05) is 11.9 Å². The molecule has 106 valence electrons. The number of carbonyl (C=O) groups is 1. The SMILES string of the molecule is N#Cc1c(F)cccc1OCC(=O)Nc1cccc(F)c1. The molecule has 0 fully saturated rings. The van der Waals surface area contributed by atoms with Gasteiger partial charge in [0.15, 0.2) is 6.61 Å². The summed E-state index contributed by atoms with van der Waals surface area (Å²) in [6.45, 7) is -0.422. The molecule has 0 aromatic heterocycles. The van der Waals surface area contributed by atoms with Gasteiger partial charge < -0.3 is 10.1 Å². The Morgan fingerprint density at radius 3 is 2.71 bits per heavy atom. The van der Waals surface area contributed by atoms with E-state index in [-0.39, 0.29) is 17.0 Å². The van der Waals surface area contributed by atoms with E-state index in [1.54, 1.807) is 6.07 Å². The van der Waals surface area contributed by atoms with E-state index < -0.39 is 24.1 Å². The molecule has 0 atom stereocenters. The summed E-state index contributed by atoms with van der Waals surface area (Å²) in [5, 5.41) is 11.2. The van der Waals surface area contributed by atoms with Crippen molar-refractivity contribution in [1.29, 1.82) is 5.26 Å². The number of nitriles is 1. The zero-order valence-corrected chi connectivity index (χ0v) is 10.8. The Hall–Kier alpha value is -2.94. The van der Waals surface area contributed by atoms with Crippen LogP contribution in [0.3, 0.4) is 0 Å². The van der Waals surface area contributed by atoms with Gasteiger partial charge in [-0.25, -0.2) is 8.78 Å². The van der Waals surface area contributed by atoms with E-state index in [0.717, 1.165) is 12.1 Å². The normalized spacial score (nSPS) is 9.76. The standard InChI is InChI=1S/C15H10F2N2O2/c16-10-3-1-4-11(7-10)19-15(20)9-21-14-6-2-5-13(17)12(14)8-18/h1-7H,9H2,(H,19,20). The lowest BCUT2D eigenvalue weighted by Gasteiger charge is -2.09. The second-order valence-corrected chi connectivity index (χ2v) is 4.07. The average Bonchev–Trinajstić information content (AvgIpc) is 2.45. The molecule has 21 heavy (non-hydrogen) atoms. The van der Waals surface area contributed by atoms with Gasteiger partial charge >= 0.3 is 0 Å². The van der Waals surface area contributed by atoms with Crippen LogP contribution in [-0.4, -0.2) is 12.5 Å². The second-order valence-electron chi connectivity index (χ2n) is 4.07. The van der Waals surface area contributed by atoms with Crippen molar-refractivity contribution >= 4 is 11.6 Å². The highest BCUT2D eigenvalue weighted by atomic mass is 19.1. The van der Waals surface area contributed by atoms with Crippen LogP contribution in [0.2, 0.25) is 0 Å². The van der Waals surface area contributed by atoms with Gasteiger partial charge in [-0.15, -0.1) is 0 Å². The first-order valence-corrected chi connectivity index (χ1v) is 5.97. The van der Waals surface area contributed by atoms with Gasteiger partial charge in [-0.05, 0) is 30.3 Å². The van der Waals surface area contributed by atoms with Crippen molar-refractivity contribution in [2.45, 2.75) is 0 Å². The fourth-order valence-electron chi connectivity index (χ4n) is 1.64. The number of carbonyl (C=O) groups excluding carboxylic acids is 1. The quantitative estimate of drug-likeness (QED) is 0.941. The molecule has 2 aromatic rings. The van der Waals surface area contributed by atoms with Crippen LogP contribution in [0.4, 0.5) is 14.5 Å². The number of ether oxygens (including phenoxy) is 1. The van der Waals surface area contributed by atoms with E-state index in [4.69, 9.17) is 10.00 Å². The summed E-state index contributed by atoms with van der Waals surface area (Å²) in [4.78, 5) is 11.6. The van der Waals surface area contributed by atoms with Crippen LogP contribution in [0.5, 0.6) is 5.75 Å². The monoisotopic (exact) mass is 288 g/mol. The van der Waals surface area contributed by atoms with Crippen molar-refractivity contribution in [3.8, 4) is 11.8 Å². The lowest BCUT2D eigenvalue weighted by Crippen LogP contribution is -2.20. The Morgan fingerprint density at radius 2 is 2.00 bits per heavy atom. The van der Waals surface area contributed by atoms with Gasteiger partial charge in [-0.2, -0.15) is 5.26 Å². The number of hydrogen-bond acceptors (Lipinski definition) is 3. The Labute approximate surface area is 119 Å². The third-order valence-electron chi connectivity index (χ3n) is 2.55. The van der Waals surface area contributed by atoms with Gasteiger partial charge in [0.2, 0.25) is 0 Å². The van der Waals surface area contributed by atoms with E-state index >= 15 is 0 Å². The van der Waals surface area contributed by atoms with Crippen molar-refractivity contribution < 1.29 is 18.3 Å². The molecule has 2 aromatic carbocycles. The highest BCUT2D eigenvalue weighted by Crippen LogP contribution is 2.20. The van der Waals surface area contributed by atoms with Crippen LogP contribution in [0.25, 0.3) is 0 Å². The molecule has 0 aliphatic rings. The minimum atomic E-state index is -0.722. The third kappa shape index (κ3) is 3.76. The Balaban J connectivity index is 1.99. The molecule has 0 saturated carbocycles. The van der Waals surface area contributed by atoms with Crippen molar-refractivity contribution in [1.82, 2.24) is 0 Å². The molecule has 1 amide bonds. The molecule has 0 heterocycles. The van der Waals surface area contributed by atoms with Gasteiger partial charge in [0.1, 0.15) is 29.0 Å². The second kappa shape index (κ2) is 6.48. The Bertz CT molecular complexity index is 711. The van der Waals surface area contributed by atoms with Crippen LogP contribution in [-0.2, 0) is 4.79 Å². The molecule has 0 aliphatic heterocycles. The lowest BCUT2D eigenvalue weighted by atomic mass is 10.2. The van der Waals surface area contributed by atoms with Crippen molar-refractivity contribution in [3.63, 3.8) is 0 Å². The van der Waals surface area contributed by atoms with E-state index in [9.17, 15) is 13.6 Å². The predicted molar refractivity (Wildman–Crippen MR) is 71.6 cm³/mol. The Morgan fingerprint density at radius 1 is 1.24 bits per heavy atom. The summed E-state index contributed by atoms with van der Waals surface area (Å²) in [6.07, 6.45) is 0. The van der Waals surface area contributed by atoms with Crippen LogP contribution >= 0.6 is 0 Å². The molecular weight excluding hydrogens is 278 g/mol. The molecule has 0 radical (unpaired) electrons. The average molecular weight is 288 g/mol. The summed E-state index contributed by atoms with van der Waals surface area (Å²) in [5.74, 6) is -1.77. The molecule has 1 N–H and O–H groups in total. The smallest absolute Gasteiger partial charge is 0.262 e. The van der Waals surface area contributed by atoms with Gasteiger partial charge in [0.25, 0.3) is 5.91 Å². The summed E-state index contributed by atoms with van der Waals surface area (Å²) < 4.78 is 31.4. The highest BCUT2D eigenvalue weighted by molar-refractivity contribution is 5.91. The Kier molecular flexibility index (Phi) is 4.46. The number of hydrogen-bond donors (Lipinski definition) is 1. The van der Waals surface area contributed by atoms with Crippen LogP contribution in [0, 0.1) is 23.0 Å². The number of halogens is 2. The highest BCUT2D eigenvalue weighted by Gasteiger charge is 2.11. The minimum Gasteiger partial charge on any atom is -0.482 e. The maximum atomic E-state index is 13.3. The molecule has 0 bridgehead atoms. The number of nitrogens with one attached hydrogen (secondary N) is 1. The molecule has 0 aliphatic carbocycles. The maximum Gasteiger partial charge on any atom is 0.262 e. The molecule has 6 heteroatoms. The van der Waals surface area contributed by atoms with Crippen molar-refractivity contribution in [3.05, 3.63) is 59.7 Å². The number of anilines is 1. The number of benzene rings is 2. The van der Waals surface area contributed by atoms with Gasteiger partial charge in [-0.1, -0.05) is 12.1 Å². The van der Waals surface area contributed by atoms with E-state index in [2.05, 4.69) is 5.32 Å². The zero-order chi connectivity index (χ0) is 15.2. The molecule has 0 saturated heterocycles. The summed E-state index contributed by atoms with van der Waals surface area (Å²) >= 11 is 0. The van der Waals surface area contributed by atoms with E-state index in [1.165, 1.54) is 30.3 Å². The van der Waals surface area contributed by atoms with E-state index in [0.29, 0.717) is 0 Å². The molecule has 4 nitrogen and oxygen atoms in total. The van der Waals surface area contributed by atoms with Crippen molar-refractivity contribution in [2.24, 2.45) is 0 Å². The largest absolute Gasteiger partial charge is 0.482 e. The predicted octanol–water partition coefficient (Wildman–Crippen LogP) is 2.85. The molecule has 2 rings (SSSR count). The first kappa shape index (κ1) is 14.5. The molecule has 0 unspecified atom stereocenters. The topological polar surface area (TPSA) is 62.1 Å². The van der Waals surface area contributed by atoms with Crippen LogP contribution in [0.1, 0.15) is 5.56 Å². The third-order valence-corrected chi connectivity index (χ3v) is 2.55. The number of amides is 1. The summed E-state index contributed by atoms with van der Waals surface area (Å²) in [7, 11) is 0. The minimum absolute atomic E-state index is 0.0214. The van der Waals surface area contributed by atoms with Gasteiger partial charge in [0, 0.05) is 5.69 Å². The van der Waals surface area contributed by atoms with Crippen LogP contribution in [0.15, 0.2) is 42.5 Å². The fourth-order valence-corrected chi connectivity index (χ4v) is 1.64. The zero-order valence-electron chi connectivity index (χ0n) is 10.8. The first-order chi connectivity index (χ1) is 10.1. The maximum absolute atomic E-state index is 13.3. The summed E-state index contributed by atoms with van der Waals surface area (Å²) in [5.41, 5.74) is 0.0133. The lowest BCUT2D eigenvalue weighted by molar-refractivity contribution is -0.118. The first-order valence-electron chi connectivity index (χ1n) is 5.97. The van der Waals surface area contributed by atoms with Gasteiger partial charge in [0.05, 0.1) is 0 Å². The number of nitrogens with zero attached hydrogens (tertiary/aromatic N) is 1. The molecule has 0 spiro atoms. The molecular formula is C15H10F2N2O2. The van der Waals surface area contributed by atoms with Gasteiger partial charge in [-0.3, -0.25) is 4.79 Å². The summed E-state index contributed by atoms with van der Waals surface area (Å²) in [6, 6.07) is 10.9. The van der Waals surface area contributed by atoms with Crippen LogP contribution < -0.4 is 10.1 Å². The fraction of sp³-hybridized carbons (Fsp3) is 0.0667.